The van der Waals surface area contributed by atoms with Gasteiger partial charge in [0.1, 0.15) is 5.82 Å². The highest BCUT2D eigenvalue weighted by Gasteiger charge is 2.42. The van der Waals surface area contributed by atoms with Crippen LogP contribution in [-0.4, -0.2) is 37.2 Å². The molecule has 0 heterocycles. The molecule has 1 N–H and O–H groups in total. The second kappa shape index (κ2) is 10.0. The number of nitrogens with one attached hydrogen (secondary N) is 1. The van der Waals surface area contributed by atoms with Gasteiger partial charge in [0.2, 0.25) is 0 Å². The summed E-state index contributed by atoms with van der Waals surface area (Å²) >= 11 is 0. The highest BCUT2D eigenvalue weighted by atomic mass is 19.4. The summed E-state index contributed by atoms with van der Waals surface area (Å²) in [7, 11) is 2.77. The van der Waals surface area contributed by atoms with Crippen molar-refractivity contribution in [1.82, 2.24) is 10.2 Å². The zero-order chi connectivity index (χ0) is 26.1. The summed E-state index contributed by atoms with van der Waals surface area (Å²) < 4.78 is 98.1. The summed E-state index contributed by atoms with van der Waals surface area (Å²) in [6, 6.07) is 5.42. The number of benzene rings is 2. The number of methoxy groups -OCH3 is 1. The summed E-state index contributed by atoms with van der Waals surface area (Å²) in [5.41, 5.74) is -2.27. The molecule has 1 amide bonds. The van der Waals surface area contributed by atoms with Crippen LogP contribution in [0.3, 0.4) is 0 Å². The van der Waals surface area contributed by atoms with E-state index in [-0.39, 0.29) is 17.7 Å². The lowest BCUT2D eigenvalue weighted by Gasteiger charge is -2.33. The van der Waals surface area contributed by atoms with Crippen LogP contribution in [-0.2, 0) is 17.1 Å². The van der Waals surface area contributed by atoms with Crippen LogP contribution in [0.25, 0.3) is 0 Å². The molecule has 3 unspecified atom stereocenters. The molecule has 0 radical (unpaired) electrons. The maximum absolute atomic E-state index is 13.5. The molecule has 1 aliphatic rings. The Hall–Kier alpha value is -2.82. The normalized spacial score (nSPS) is 21.6. The van der Waals surface area contributed by atoms with Crippen LogP contribution in [0.5, 0.6) is 0 Å². The lowest BCUT2D eigenvalue weighted by molar-refractivity contribution is -0.143. The fraction of sp³-hybridized carbons (Fsp3) is 0.458. The van der Waals surface area contributed by atoms with Gasteiger partial charge in [-0.05, 0) is 61.2 Å². The van der Waals surface area contributed by atoms with Gasteiger partial charge in [-0.2, -0.15) is 26.3 Å². The molecule has 2 aromatic carbocycles. The fourth-order valence-electron chi connectivity index (χ4n) is 4.66. The molecule has 3 rings (SSSR count). The molecular formula is C24H25F7N2O2. The van der Waals surface area contributed by atoms with E-state index in [2.05, 4.69) is 5.32 Å². The topological polar surface area (TPSA) is 41.6 Å². The van der Waals surface area contributed by atoms with E-state index in [4.69, 9.17) is 4.74 Å². The van der Waals surface area contributed by atoms with Crippen LogP contribution >= 0.6 is 0 Å². The number of nitrogens with zero attached hydrogens (tertiary/aromatic N) is 1. The van der Waals surface area contributed by atoms with Crippen molar-refractivity contribution < 1.29 is 40.3 Å². The number of hydrogen-bond donors (Lipinski definition) is 1. The zero-order valence-corrected chi connectivity index (χ0v) is 19.2. The Labute approximate surface area is 198 Å². The molecule has 0 spiro atoms. The Kier molecular flexibility index (Phi) is 7.68. The van der Waals surface area contributed by atoms with E-state index in [1.54, 1.807) is 19.2 Å². The monoisotopic (exact) mass is 506 g/mol. The van der Waals surface area contributed by atoms with Gasteiger partial charge in [-0.1, -0.05) is 12.1 Å². The molecule has 35 heavy (non-hydrogen) atoms. The third-order valence-corrected chi connectivity index (χ3v) is 6.41. The van der Waals surface area contributed by atoms with Gasteiger partial charge < -0.3 is 15.0 Å². The zero-order valence-electron chi connectivity index (χ0n) is 19.2. The maximum Gasteiger partial charge on any atom is 0.416 e. The molecule has 4 nitrogen and oxygen atoms in total. The smallest absolute Gasteiger partial charge is 0.416 e. The van der Waals surface area contributed by atoms with Crippen LogP contribution in [0.15, 0.2) is 42.5 Å². The van der Waals surface area contributed by atoms with E-state index in [9.17, 15) is 35.5 Å². The van der Waals surface area contributed by atoms with E-state index in [1.807, 2.05) is 0 Å². The third-order valence-electron chi connectivity index (χ3n) is 6.41. The van der Waals surface area contributed by atoms with Crippen LogP contribution < -0.4 is 5.32 Å². The lowest BCUT2D eigenvalue weighted by Crippen LogP contribution is -2.43. The van der Waals surface area contributed by atoms with Crippen molar-refractivity contribution >= 4 is 6.09 Å². The molecule has 4 atom stereocenters. The molecular weight excluding hydrogens is 481 g/mol. The Bertz CT molecular complexity index is 1010. The van der Waals surface area contributed by atoms with Gasteiger partial charge in [0.15, 0.2) is 0 Å². The third kappa shape index (κ3) is 6.06. The first kappa shape index (κ1) is 26.8. The van der Waals surface area contributed by atoms with Gasteiger partial charge in [-0.25, -0.2) is 9.18 Å². The molecule has 192 valence electrons. The summed E-state index contributed by atoms with van der Waals surface area (Å²) in [6.07, 6.45) is -9.52. The second-order valence-electron chi connectivity index (χ2n) is 8.64. The largest absolute Gasteiger partial charge is 0.453 e. The predicted molar refractivity (Wildman–Crippen MR) is 114 cm³/mol. The van der Waals surface area contributed by atoms with Crippen LogP contribution in [0.2, 0.25) is 0 Å². The average molecular weight is 506 g/mol. The van der Waals surface area contributed by atoms with Gasteiger partial charge in [0.05, 0.1) is 18.2 Å². The maximum atomic E-state index is 13.5. The summed E-state index contributed by atoms with van der Waals surface area (Å²) in [6.45, 7) is 1.48. The van der Waals surface area contributed by atoms with Crippen molar-refractivity contribution in [2.24, 2.45) is 0 Å². The number of carbonyl (C=O) groups excluding carboxylic acids is 1. The Morgan fingerprint density at radius 2 is 1.54 bits per heavy atom. The Morgan fingerprint density at radius 3 is 2.03 bits per heavy atom. The number of likely N-dealkylation sites (N-methyl/N-ethyl adjacent to an activating group) is 1. The molecule has 0 aliphatic heterocycles. The number of ether oxygens (including phenoxy) is 1. The van der Waals surface area contributed by atoms with Crippen molar-refractivity contribution in [3.63, 3.8) is 0 Å². The predicted octanol–water partition coefficient (Wildman–Crippen LogP) is 6.53. The number of amides is 1. The number of carbonyl (C=O) groups is 1. The minimum atomic E-state index is -4.95. The second-order valence-corrected chi connectivity index (χ2v) is 8.64. The molecule has 0 saturated heterocycles. The van der Waals surface area contributed by atoms with Crippen molar-refractivity contribution in [2.75, 3.05) is 14.2 Å². The van der Waals surface area contributed by atoms with E-state index in [0.717, 1.165) is 0 Å². The number of alkyl halides is 6. The van der Waals surface area contributed by atoms with E-state index in [1.165, 1.54) is 31.1 Å². The molecule has 2 aromatic rings. The molecule has 11 heteroatoms. The first-order chi connectivity index (χ1) is 16.2. The van der Waals surface area contributed by atoms with Gasteiger partial charge >= 0.3 is 18.4 Å². The number of rotatable bonds is 5. The Morgan fingerprint density at radius 1 is 1.00 bits per heavy atom. The quantitative estimate of drug-likeness (QED) is 0.469. The van der Waals surface area contributed by atoms with E-state index >= 15 is 0 Å². The van der Waals surface area contributed by atoms with Crippen molar-refractivity contribution in [2.45, 2.75) is 56.2 Å². The van der Waals surface area contributed by atoms with Gasteiger partial charge in [0, 0.05) is 31.1 Å². The first-order valence-corrected chi connectivity index (χ1v) is 10.8. The standard InChI is InChI=1S/C24H25F7N2O2/c1-13(15-10-16(23(26,27)28)12-17(11-15)24(29,30)31)32-19-8-9-20(33(2)22(34)35-3)21(19)14-4-6-18(25)7-5-14/h4-7,10-13,19-21,32H,8-9H2,1-3H3/t13-,19?,20?,21?/m1/s1. The van der Waals surface area contributed by atoms with Crippen LogP contribution in [0, 0.1) is 5.82 Å². The number of hydrogen-bond acceptors (Lipinski definition) is 3. The molecule has 1 aliphatic carbocycles. The Balaban J connectivity index is 1.95. The lowest BCUT2D eigenvalue weighted by atomic mass is 9.89. The minimum absolute atomic E-state index is 0.0917. The van der Waals surface area contributed by atoms with Crippen LogP contribution in [0.1, 0.15) is 54.0 Å². The fourth-order valence-corrected chi connectivity index (χ4v) is 4.66. The van der Waals surface area contributed by atoms with E-state index in [0.29, 0.717) is 30.5 Å². The molecule has 0 bridgehead atoms. The molecule has 1 fully saturated rings. The summed E-state index contributed by atoms with van der Waals surface area (Å²) in [5.74, 6) is -0.874. The molecule has 0 aromatic heterocycles. The van der Waals surface area contributed by atoms with Crippen LogP contribution in [0.4, 0.5) is 35.5 Å². The highest BCUT2D eigenvalue weighted by Crippen LogP contribution is 2.41. The van der Waals surface area contributed by atoms with Gasteiger partial charge in [-0.3, -0.25) is 0 Å². The van der Waals surface area contributed by atoms with Crippen molar-refractivity contribution in [3.05, 3.63) is 70.5 Å². The summed E-state index contributed by atoms with van der Waals surface area (Å²) in [5, 5.41) is 3.15. The van der Waals surface area contributed by atoms with Crippen molar-refractivity contribution in [3.8, 4) is 0 Å². The molecule has 1 saturated carbocycles. The highest BCUT2D eigenvalue weighted by molar-refractivity contribution is 5.67. The number of halogens is 7. The average Bonchev–Trinajstić information content (AvgIpc) is 3.20. The summed E-state index contributed by atoms with van der Waals surface area (Å²) in [4.78, 5) is 13.5. The van der Waals surface area contributed by atoms with Gasteiger partial charge in [-0.15, -0.1) is 0 Å². The first-order valence-electron chi connectivity index (χ1n) is 10.8. The SMILES string of the molecule is COC(=O)N(C)C1CCC(N[C@H](C)c2cc(C(F)(F)F)cc(C(F)(F)F)c2)C1c1ccc(F)cc1. The van der Waals surface area contributed by atoms with E-state index < -0.39 is 53.4 Å². The minimum Gasteiger partial charge on any atom is -0.453 e. The van der Waals surface area contributed by atoms with Gasteiger partial charge in [0.25, 0.3) is 0 Å². The van der Waals surface area contributed by atoms with Crippen molar-refractivity contribution in [1.29, 1.82) is 0 Å².